The zero-order chi connectivity index (χ0) is 18.8. The van der Waals surface area contributed by atoms with Gasteiger partial charge in [-0.05, 0) is 36.4 Å². The van der Waals surface area contributed by atoms with Crippen molar-refractivity contribution in [2.24, 2.45) is 0 Å². The third kappa shape index (κ3) is 6.27. The molecule has 0 bridgehead atoms. The Morgan fingerprint density at radius 2 is 1.38 bits per heavy atom. The molecule has 0 aliphatic carbocycles. The van der Waals surface area contributed by atoms with E-state index in [2.05, 4.69) is 21.3 Å². The van der Waals surface area contributed by atoms with E-state index in [0.29, 0.717) is 5.56 Å². The van der Waals surface area contributed by atoms with Gasteiger partial charge in [-0.1, -0.05) is 0 Å². The van der Waals surface area contributed by atoms with Gasteiger partial charge in [0.15, 0.2) is 5.76 Å². The molecule has 9 heteroatoms. The quantitative estimate of drug-likeness (QED) is 0.522. The Morgan fingerprint density at radius 1 is 0.808 bits per heavy atom. The van der Waals surface area contributed by atoms with Crippen LogP contribution in [0.5, 0.6) is 0 Å². The molecule has 0 unspecified atom stereocenters. The number of amides is 4. The maximum absolute atomic E-state index is 12.8. The zero-order valence-corrected chi connectivity index (χ0v) is 13.9. The highest BCUT2D eigenvalue weighted by Gasteiger charge is 2.07. The average molecular weight is 362 g/mol. The number of halogens is 1. The number of nitrogens with one attached hydrogen (secondary N) is 4. The number of furan rings is 1. The van der Waals surface area contributed by atoms with Gasteiger partial charge in [0.05, 0.1) is 6.26 Å². The summed E-state index contributed by atoms with van der Waals surface area (Å²) in [5.74, 6) is -0.930. The maximum atomic E-state index is 12.8. The zero-order valence-electron chi connectivity index (χ0n) is 13.9. The van der Waals surface area contributed by atoms with Gasteiger partial charge >= 0.3 is 6.03 Å². The minimum atomic E-state index is -0.423. The van der Waals surface area contributed by atoms with Crippen LogP contribution in [0.2, 0.25) is 0 Å². The highest BCUT2D eigenvalue weighted by atomic mass is 19.1. The van der Waals surface area contributed by atoms with E-state index in [1.165, 1.54) is 36.6 Å². The van der Waals surface area contributed by atoms with Crippen LogP contribution in [0.25, 0.3) is 0 Å². The van der Waals surface area contributed by atoms with E-state index in [9.17, 15) is 18.8 Å². The largest absolute Gasteiger partial charge is 0.459 e. The molecule has 0 atom stereocenters. The fourth-order valence-corrected chi connectivity index (χ4v) is 1.96. The van der Waals surface area contributed by atoms with Crippen molar-refractivity contribution < 1.29 is 23.2 Å². The van der Waals surface area contributed by atoms with Crippen molar-refractivity contribution in [3.8, 4) is 0 Å². The van der Waals surface area contributed by atoms with E-state index in [1.807, 2.05) is 0 Å². The van der Waals surface area contributed by atoms with E-state index >= 15 is 0 Å². The van der Waals surface area contributed by atoms with Gasteiger partial charge in [-0.25, -0.2) is 9.18 Å². The normalized spacial score (nSPS) is 10.0. The van der Waals surface area contributed by atoms with Gasteiger partial charge in [0.2, 0.25) is 0 Å². The molecule has 1 aromatic carbocycles. The summed E-state index contributed by atoms with van der Waals surface area (Å²) in [6, 6.07) is 7.87. The van der Waals surface area contributed by atoms with Crippen LogP contribution in [0, 0.1) is 5.82 Å². The first-order valence-electron chi connectivity index (χ1n) is 7.93. The Hall–Kier alpha value is -3.36. The number of hydrogen-bond acceptors (Lipinski definition) is 4. The molecule has 0 aliphatic heterocycles. The molecule has 0 saturated heterocycles. The van der Waals surface area contributed by atoms with Crippen LogP contribution in [-0.4, -0.2) is 44.0 Å². The summed E-state index contributed by atoms with van der Waals surface area (Å²) in [5.41, 5.74) is 0.336. The Kier molecular flexibility index (Phi) is 7.17. The summed E-state index contributed by atoms with van der Waals surface area (Å²) in [6.07, 6.45) is 1.40. The smallest absolute Gasteiger partial charge is 0.314 e. The predicted octanol–water partition coefficient (Wildman–Crippen LogP) is 0.878. The van der Waals surface area contributed by atoms with Gasteiger partial charge in [-0.15, -0.1) is 0 Å². The molecule has 26 heavy (non-hydrogen) atoms. The fraction of sp³-hybridized carbons (Fsp3) is 0.235. The summed E-state index contributed by atoms with van der Waals surface area (Å²) in [6.45, 7) is 0.921. The van der Waals surface area contributed by atoms with Gasteiger partial charge in [0.1, 0.15) is 5.82 Å². The van der Waals surface area contributed by atoms with Crippen molar-refractivity contribution in [3.63, 3.8) is 0 Å². The molecule has 0 radical (unpaired) electrons. The molecule has 1 aromatic heterocycles. The number of rotatable bonds is 8. The van der Waals surface area contributed by atoms with Crippen LogP contribution in [0.1, 0.15) is 20.9 Å². The molecule has 1 heterocycles. The maximum Gasteiger partial charge on any atom is 0.314 e. The molecule has 0 saturated carbocycles. The molecular formula is C17H19FN4O4. The lowest BCUT2D eigenvalue weighted by Gasteiger charge is -2.09. The first-order chi connectivity index (χ1) is 12.6. The minimum Gasteiger partial charge on any atom is -0.459 e. The van der Waals surface area contributed by atoms with Crippen LogP contribution in [0.3, 0.4) is 0 Å². The van der Waals surface area contributed by atoms with E-state index in [1.54, 1.807) is 6.07 Å². The number of carbonyl (C=O) groups is 3. The molecule has 138 valence electrons. The third-order valence-corrected chi connectivity index (χ3v) is 3.24. The van der Waals surface area contributed by atoms with Crippen molar-refractivity contribution in [3.05, 3.63) is 59.8 Å². The molecule has 2 aromatic rings. The van der Waals surface area contributed by atoms with Crippen molar-refractivity contribution >= 4 is 17.8 Å². The van der Waals surface area contributed by atoms with Crippen molar-refractivity contribution in [2.75, 3.05) is 26.2 Å². The fourth-order valence-electron chi connectivity index (χ4n) is 1.96. The van der Waals surface area contributed by atoms with E-state index in [-0.39, 0.29) is 43.8 Å². The van der Waals surface area contributed by atoms with E-state index < -0.39 is 11.8 Å². The van der Waals surface area contributed by atoms with Crippen LogP contribution in [-0.2, 0) is 0 Å². The van der Waals surface area contributed by atoms with E-state index in [4.69, 9.17) is 4.42 Å². The van der Waals surface area contributed by atoms with Gasteiger partial charge < -0.3 is 25.7 Å². The van der Waals surface area contributed by atoms with Gasteiger partial charge in [0, 0.05) is 31.7 Å². The monoisotopic (exact) mass is 362 g/mol. The first-order valence-corrected chi connectivity index (χ1v) is 7.93. The Morgan fingerprint density at radius 3 is 1.96 bits per heavy atom. The Balaban J connectivity index is 1.53. The van der Waals surface area contributed by atoms with Crippen LogP contribution in [0.4, 0.5) is 9.18 Å². The topological polar surface area (TPSA) is 112 Å². The van der Waals surface area contributed by atoms with Crippen LogP contribution < -0.4 is 21.3 Å². The number of benzene rings is 1. The molecule has 4 N–H and O–H groups in total. The Bertz CT molecular complexity index is 732. The van der Waals surface area contributed by atoms with Crippen LogP contribution in [0.15, 0.2) is 47.1 Å². The van der Waals surface area contributed by atoms with Crippen molar-refractivity contribution in [1.82, 2.24) is 21.3 Å². The molecular weight excluding hydrogens is 343 g/mol. The molecule has 2 rings (SSSR count). The molecule has 0 fully saturated rings. The summed E-state index contributed by atoms with van der Waals surface area (Å²) in [7, 11) is 0. The second kappa shape index (κ2) is 9.82. The third-order valence-electron chi connectivity index (χ3n) is 3.24. The molecule has 8 nitrogen and oxygen atoms in total. The standard InChI is InChI=1S/C17H19FN4O4/c18-13-5-3-12(4-6-13)15(23)19-7-9-21-17(25)22-10-8-20-16(24)14-2-1-11-26-14/h1-6,11H,7-10H2,(H,19,23)(H,20,24)(H2,21,22,25). The first kappa shape index (κ1) is 19.0. The summed E-state index contributed by atoms with van der Waals surface area (Å²) >= 11 is 0. The van der Waals surface area contributed by atoms with Crippen LogP contribution >= 0.6 is 0 Å². The van der Waals surface area contributed by atoms with Crippen molar-refractivity contribution in [1.29, 1.82) is 0 Å². The molecule has 0 spiro atoms. The van der Waals surface area contributed by atoms with Gasteiger partial charge in [-0.3, -0.25) is 9.59 Å². The molecule has 0 aliphatic rings. The average Bonchev–Trinajstić information content (AvgIpc) is 3.17. The van der Waals surface area contributed by atoms with Crippen molar-refractivity contribution in [2.45, 2.75) is 0 Å². The SMILES string of the molecule is O=C(NCCNC(=O)c1ccc(F)cc1)NCCNC(=O)c1ccco1. The lowest BCUT2D eigenvalue weighted by molar-refractivity contribution is 0.0924. The number of carbonyl (C=O) groups excluding carboxylic acids is 3. The van der Waals surface area contributed by atoms with E-state index in [0.717, 1.165) is 0 Å². The van der Waals surface area contributed by atoms with Gasteiger partial charge in [0.25, 0.3) is 11.8 Å². The van der Waals surface area contributed by atoms with Gasteiger partial charge in [-0.2, -0.15) is 0 Å². The predicted molar refractivity (Wildman–Crippen MR) is 91.2 cm³/mol. The second-order valence-electron chi connectivity index (χ2n) is 5.18. The molecule has 4 amide bonds. The summed E-state index contributed by atoms with van der Waals surface area (Å²) < 4.78 is 17.7. The highest BCUT2D eigenvalue weighted by molar-refractivity contribution is 5.94. The summed E-state index contributed by atoms with van der Waals surface area (Å²) in [5, 5.41) is 10.3. The highest BCUT2D eigenvalue weighted by Crippen LogP contribution is 2.02. The lowest BCUT2D eigenvalue weighted by Crippen LogP contribution is -2.42. The summed E-state index contributed by atoms with van der Waals surface area (Å²) in [4.78, 5) is 34.9. The minimum absolute atomic E-state index is 0.200. The number of urea groups is 1. The lowest BCUT2D eigenvalue weighted by atomic mass is 10.2. The Labute approximate surface area is 149 Å². The second-order valence-corrected chi connectivity index (χ2v) is 5.18. The number of hydrogen-bond donors (Lipinski definition) is 4.